The van der Waals surface area contributed by atoms with Crippen molar-refractivity contribution in [3.63, 3.8) is 0 Å². The van der Waals surface area contributed by atoms with Crippen molar-refractivity contribution in [2.24, 2.45) is 0 Å². The average Bonchev–Trinajstić information content (AvgIpc) is 2.85. The summed E-state index contributed by atoms with van der Waals surface area (Å²) in [6.07, 6.45) is -1.95. The van der Waals surface area contributed by atoms with Crippen molar-refractivity contribution in [2.45, 2.75) is 25.2 Å². The van der Waals surface area contributed by atoms with E-state index in [0.717, 1.165) is 25.1 Å². The number of fused-ring (bicyclic) bond motifs is 1. The summed E-state index contributed by atoms with van der Waals surface area (Å²) in [6.45, 7) is 1.43. The van der Waals surface area contributed by atoms with Crippen LogP contribution >= 0.6 is 0 Å². The molecule has 1 saturated heterocycles. The minimum atomic E-state index is -4.40. The molecule has 2 N–H and O–H groups in total. The van der Waals surface area contributed by atoms with Crippen LogP contribution in [0.25, 0.3) is 22.3 Å². The molecule has 1 aromatic carbocycles. The van der Waals surface area contributed by atoms with Crippen LogP contribution in [-0.2, 0) is 12.7 Å². The molecule has 0 saturated carbocycles. The molecule has 1 atom stereocenters. The number of hydrogen-bond acceptors (Lipinski definition) is 3. The molecule has 3 aromatic rings. The fraction of sp³-hybridized carbons (Fsp3) is 0.294. The fourth-order valence-corrected chi connectivity index (χ4v) is 2.97. The molecule has 0 unspecified atom stereocenters. The fourth-order valence-electron chi connectivity index (χ4n) is 2.97. The first-order chi connectivity index (χ1) is 11.9. The number of hydrogen-bond donors (Lipinski definition) is 2. The summed E-state index contributed by atoms with van der Waals surface area (Å²) >= 11 is 0. The van der Waals surface area contributed by atoms with Crippen molar-refractivity contribution < 1.29 is 13.2 Å². The number of pyridine rings is 1. The summed E-state index contributed by atoms with van der Waals surface area (Å²) in [7, 11) is 0. The number of H-pyrrole nitrogens is 1. The molecule has 0 radical (unpaired) electrons. The van der Waals surface area contributed by atoms with Gasteiger partial charge in [-0.15, -0.1) is 0 Å². The Bertz CT molecular complexity index is 985. The van der Waals surface area contributed by atoms with Gasteiger partial charge in [0.15, 0.2) is 5.65 Å². The molecular weight excluding hydrogens is 333 g/mol. The lowest BCUT2D eigenvalue weighted by molar-refractivity contribution is -0.137. The highest BCUT2D eigenvalue weighted by Gasteiger charge is 2.30. The third-order valence-corrected chi connectivity index (χ3v) is 4.48. The van der Waals surface area contributed by atoms with Crippen molar-refractivity contribution in [3.8, 4) is 11.1 Å². The van der Waals surface area contributed by atoms with Gasteiger partial charge in [0, 0.05) is 24.3 Å². The third kappa shape index (κ3) is 2.93. The molecule has 0 spiro atoms. The molecule has 0 amide bonds. The van der Waals surface area contributed by atoms with Gasteiger partial charge in [-0.05, 0) is 36.7 Å². The molecule has 2 aromatic heterocycles. The summed E-state index contributed by atoms with van der Waals surface area (Å²) in [4.78, 5) is 19.0. The van der Waals surface area contributed by atoms with Crippen LogP contribution in [0.5, 0.6) is 0 Å². The molecule has 130 valence electrons. The zero-order valence-electron chi connectivity index (χ0n) is 13.1. The molecule has 8 heteroatoms. The lowest BCUT2D eigenvalue weighted by Crippen LogP contribution is -2.46. The number of aromatic nitrogens is 3. The third-order valence-electron chi connectivity index (χ3n) is 4.48. The largest absolute Gasteiger partial charge is 0.416 e. The second kappa shape index (κ2) is 5.73. The van der Waals surface area contributed by atoms with Gasteiger partial charge in [0.05, 0.1) is 11.1 Å². The van der Waals surface area contributed by atoms with Gasteiger partial charge in [0.2, 0.25) is 0 Å². The SMILES string of the molecule is O=c1[nH]c2ncc(-c3cccc(C(F)(F)F)c3)cc2n1C[C@H]1CCN1. The average molecular weight is 348 g/mol. The molecule has 4 rings (SSSR count). The molecule has 1 aliphatic rings. The van der Waals surface area contributed by atoms with Crippen molar-refractivity contribution in [1.82, 2.24) is 19.9 Å². The zero-order valence-corrected chi connectivity index (χ0v) is 13.1. The van der Waals surface area contributed by atoms with Crippen LogP contribution in [0.4, 0.5) is 13.2 Å². The topological polar surface area (TPSA) is 62.7 Å². The highest BCUT2D eigenvalue weighted by molar-refractivity contribution is 5.78. The van der Waals surface area contributed by atoms with Gasteiger partial charge in [-0.25, -0.2) is 9.78 Å². The van der Waals surface area contributed by atoms with E-state index in [1.165, 1.54) is 12.3 Å². The van der Waals surface area contributed by atoms with E-state index >= 15 is 0 Å². The van der Waals surface area contributed by atoms with Crippen molar-refractivity contribution >= 4 is 11.2 Å². The van der Waals surface area contributed by atoms with E-state index in [1.807, 2.05) is 0 Å². The first-order valence-corrected chi connectivity index (χ1v) is 7.91. The molecule has 3 heterocycles. The molecule has 1 aliphatic heterocycles. The number of benzene rings is 1. The van der Waals surface area contributed by atoms with E-state index in [9.17, 15) is 18.0 Å². The van der Waals surface area contributed by atoms with Gasteiger partial charge in [0.25, 0.3) is 0 Å². The van der Waals surface area contributed by atoms with Crippen LogP contribution in [0.3, 0.4) is 0 Å². The Morgan fingerprint density at radius 1 is 1.24 bits per heavy atom. The van der Waals surface area contributed by atoms with E-state index in [-0.39, 0.29) is 11.7 Å². The smallest absolute Gasteiger partial charge is 0.312 e. The van der Waals surface area contributed by atoms with Gasteiger partial charge in [-0.2, -0.15) is 13.2 Å². The number of halogens is 3. The van der Waals surface area contributed by atoms with Crippen LogP contribution in [0.1, 0.15) is 12.0 Å². The summed E-state index contributed by atoms with van der Waals surface area (Å²) in [6, 6.07) is 7.02. The lowest BCUT2D eigenvalue weighted by atomic mass is 10.0. The number of nitrogens with zero attached hydrogens (tertiary/aromatic N) is 2. The van der Waals surface area contributed by atoms with Crippen LogP contribution in [0.2, 0.25) is 0 Å². The first-order valence-electron chi connectivity index (χ1n) is 7.91. The predicted molar refractivity (Wildman–Crippen MR) is 87.2 cm³/mol. The van der Waals surface area contributed by atoms with Gasteiger partial charge >= 0.3 is 11.9 Å². The summed E-state index contributed by atoms with van der Waals surface area (Å²) in [5.41, 5.74) is 0.986. The lowest BCUT2D eigenvalue weighted by Gasteiger charge is -2.27. The molecule has 1 fully saturated rings. The van der Waals surface area contributed by atoms with Crippen LogP contribution < -0.4 is 11.0 Å². The second-order valence-electron chi connectivity index (χ2n) is 6.15. The number of aromatic amines is 1. The summed E-state index contributed by atoms with van der Waals surface area (Å²) < 4.78 is 40.3. The van der Waals surface area contributed by atoms with E-state index in [2.05, 4.69) is 15.3 Å². The number of imidazole rings is 1. The second-order valence-corrected chi connectivity index (χ2v) is 6.15. The summed E-state index contributed by atoms with van der Waals surface area (Å²) in [5.74, 6) is 0. The van der Waals surface area contributed by atoms with E-state index in [0.29, 0.717) is 28.8 Å². The first kappa shape index (κ1) is 15.9. The highest BCUT2D eigenvalue weighted by Crippen LogP contribution is 2.32. The van der Waals surface area contributed by atoms with E-state index in [1.54, 1.807) is 16.7 Å². The van der Waals surface area contributed by atoms with E-state index < -0.39 is 11.7 Å². The van der Waals surface area contributed by atoms with Gasteiger partial charge in [-0.3, -0.25) is 9.55 Å². The minimum absolute atomic E-state index is 0.230. The Labute approximate surface area is 140 Å². The van der Waals surface area contributed by atoms with Crippen LogP contribution in [0, 0.1) is 0 Å². The number of nitrogens with one attached hydrogen (secondary N) is 2. The minimum Gasteiger partial charge on any atom is -0.312 e. The molecular formula is C17H15F3N4O. The standard InChI is InChI=1S/C17H15F3N4O/c18-17(19,20)12-3-1-2-10(6-12)11-7-14-15(22-8-11)23-16(25)24(14)9-13-4-5-21-13/h1-3,6-8,13,21H,4-5,9H2,(H,22,23,25)/t13-/m1/s1. The van der Waals surface area contributed by atoms with E-state index in [4.69, 9.17) is 0 Å². The Balaban J connectivity index is 1.78. The Hall–Kier alpha value is -2.61. The van der Waals surface area contributed by atoms with Crippen LogP contribution in [-0.4, -0.2) is 27.1 Å². The number of rotatable bonds is 3. The maximum Gasteiger partial charge on any atom is 0.416 e. The van der Waals surface area contributed by atoms with Gasteiger partial charge in [-0.1, -0.05) is 12.1 Å². The Kier molecular flexibility index (Phi) is 3.64. The van der Waals surface area contributed by atoms with Gasteiger partial charge in [0.1, 0.15) is 0 Å². The predicted octanol–water partition coefficient (Wildman–Crippen LogP) is 2.77. The maximum atomic E-state index is 12.9. The van der Waals surface area contributed by atoms with Gasteiger partial charge < -0.3 is 5.32 Å². The molecule has 25 heavy (non-hydrogen) atoms. The maximum absolute atomic E-state index is 12.9. The number of alkyl halides is 3. The molecule has 0 bridgehead atoms. The van der Waals surface area contributed by atoms with Crippen LogP contribution in [0.15, 0.2) is 41.3 Å². The molecule has 0 aliphatic carbocycles. The zero-order chi connectivity index (χ0) is 17.6. The van der Waals surface area contributed by atoms with Crippen molar-refractivity contribution in [2.75, 3.05) is 6.54 Å². The van der Waals surface area contributed by atoms with Crippen molar-refractivity contribution in [1.29, 1.82) is 0 Å². The highest BCUT2D eigenvalue weighted by atomic mass is 19.4. The Morgan fingerprint density at radius 2 is 2.04 bits per heavy atom. The Morgan fingerprint density at radius 3 is 2.72 bits per heavy atom. The van der Waals surface area contributed by atoms with Crippen molar-refractivity contribution in [3.05, 3.63) is 52.6 Å². The summed E-state index contributed by atoms with van der Waals surface area (Å²) in [5, 5.41) is 3.23. The normalized spacial score (nSPS) is 17.6. The monoisotopic (exact) mass is 348 g/mol. The molecule has 5 nitrogen and oxygen atoms in total. The quantitative estimate of drug-likeness (QED) is 0.765.